The number of alkyl halides is 1. The van der Waals surface area contributed by atoms with Crippen LogP contribution in [0.2, 0.25) is 0 Å². The molecule has 0 amide bonds. The number of rotatable bonds is 3. The topological polar surface area (TPSA) is 17.1 Å². The molecule has 0 aliphatic rings. The van der Waals surface area contributed by atoms with E-state index in [1.807, 2.05) is 12.1 Å². The van der Waals surface area contributed by atoms with Crippen molar-refractivity contribution in [1.82, 2.24) is 0 Å². The second kappa shape index (κ2) is 4.41. The van der Waals surface area contributed by atoms with Crippen LogP contribution in [0.1, 0.15) is 24.2 Å². The molecule has 0 aliphatic heterocycles. The Morgan fingerprint density at radius 2 is 2.42 bits per heavy atom. The van der Waals surface area contributed by atoms with Crippen molar-refractivity contribution in [2.45, 2.75) is 13.3 Å². The van der Waals surface area contributed by atoms with Crippen LogP contribution in [0, 0.1) is 0 Å². The van der Waals surface area contributed by atoms with E-state index in [1.165, 1.54) is 0 Å². The van der Waals surface area contributed by atoms with E-state index in [2.05, 4.69) is 15.9 Å². The SMILES string of the molecule is [2H]C(C)c1cccc(C(=O)CBr)c1. The van der Waals surface area contributed by atoms with Gasteiger partial charge in [-0.15, -0.1) is 0 Å². The molecule has 0 heterocycles. The van der Waals surface area contributed by atoms with Crippen LogP contribution in [0.4, 0.5) is 0 Å². The Balaban J connectivity index is 2.98. The number of hydrogen-bond donors (Lipinski definition) is 0. The average molecular weight is 228 g/mol. The van der Waals surface area contributed by atoms with Crippen molar-refractivity contribution in [3.8, 4) is 0 Å². The lowest BCUT2D eigenvalue weighted by atomic mass is 10.1. The van der Waals surface area contributed by atoms with Gasteiger partial charge in [-0.05, 0) is 18.0 Å². The van der Waals surface area contributed by atoms with Crippen molar-refractivity contribution in [2.24, 2.45) is 0 Å². The van der Waals surface area contributed by atoms with E-state index in [1.54, 1.807) is 19.1 Å². The maximum absolute atomic E-state index is 11.3. The minimum absolute atomic E-state index is 0.0579. The Hall–Kier alpha value is -0.630. The first kappa shape index (κ1) is 7.99. The molecule has 0 bridgehead atoms. The third-order valence-corrected chi connectivity index (χ3v) is 2.17. The first-order chi connectivity index (χ1) is 6.15. The highest BCUT2D eigenvalue weighted by atomic mass is 79.9. The molecule has 0 radical (unpaired) electrons. The van der Waals surface area contributed by atoms with Crippen LogP contribution in [0.25, 0.3) is 0 Å². The first-order valence-electron chi connectivity index (χ1n) is 4.34. The van der Waals surface area contributed by atoms with Gasteiger partial charge in [-0.1, -0.05) is 41.1 Å². The van der Waals surface area contributed by atoms with Crippen molar-refractivity contribution in [3.63, 3.8) is 0 Å². The Morgan fingerprint density at radius 3 is 3.00 bits per heavy atom. The first-order valence-corrected chi connectivity index (χ1v) is 4.88. The third kappa shape index (κ3) is 2.18. The van der Waals surface area contributed by atoms with Crippen LogP contribution in [-0.2, 0) is 6.40 Å². The fourth-order valence-corrected chi connectivity index (χ4v) is 1.29. The number of aryl methyl sites for hydroxylation is 1. The van der Waals surface area contributed by atoms with Gasteiger partial charge in [-0.3, -0.25) is 4.79 Å². The van der Waals surface area contributed by atoms with Gasteiger partial charge in [-0.2, -0.15) is 0 Å². The molecule has 12 heavy (non-hydrogen) atoms. The zero-order valence-electron chi connectivity index (χ0n) is 7.88. The number of Topliss-reactive ketones (excluding diaryl/α,β-unsaturated/α-hetero) is 1. The summed E-state index contributed by atoms with van der Waals surface area (Å²) in [6.07, 6.45) is -0.275. The van der Waals surface area contributed by atoms with E-state index in [9.17, 15) is 4.79 Å². The van der Waals surface area contributed by atoms with Gasteiger partial charge < -0.3 is 0 Å². The smallest absolute Gasteiger partial charge is 0.173 e. The normalized spacial score (nSPS) is 13.7. The number of halogens is 1. The Morgan fingerprint density at radius 1 is 1.67 bits per heavy atom. The van der Waals surface area contributed by atoms with Crippen molar-refractivity contribution < 1.29 is 6.17 Å². The zero-order chi connectivity index (χ0) is 9.84. The predicted molar refractivity (Wildman–Crippen MR) is 53.9 cm³/mol. The van der Waals surface area contributed by atoms with E-state index in [-0.39, 0.29) is 12.2 Å². The van der Waals surface area contributed by atoms with E-state index in [0.29, 0.717) is 10.9 Å². The fourth-order valence-electron chi connectivity index (χ4n) is 0.969. The van der Waals surface area contributed by atoms with Gasteiger partial charge in [0.1, 0.15) is 0 Å². The van der Waals surface area contributed by atoms with Gasteiger partial charge in [0.05, 0.1) is 5.33 Å². The lowest BCUT2D eigenvalue weighted by Gasteiger charge is -1.99. The van der Waals surface area contributed by atoms with Crippen LogP contribution in [0.5, 0.6) is 0 Å². The minimum atomic E-state index is -0.275. The third-order valence-electron chi connectivity index (χ3n) is 1.66. The summed E-state index contributed by atoms with van der Waals surface area (Å²) in [5, 5.41) is 0.336. The molecule has 1 nitrogen and oxygen atoms in total. The van der Waals surface area contributed by atoms with Gasteiger partial charge in [0.2, 0.25) is 0 Å². The standard InChI is InChI=1S/C10H11BrO/c1-2-8-4-3-5-9(6-8)10(12)7-11/h3-6H,2,7H2,1H3/i2D. The van der Waals surface area contributed by atoms with Gasteiger partial charge in [0.15, 0.2) is 5.78 Å². The molecule has 1 unspecified atom stereocenters. The molecule has 0 saturated heterocycles. The molecule has 0 spiro atoms. The molecule has 1 atom stereocenters. The molecule has 0 fully saturated rings. The second-order valence-electron chi connectivity index (χ2n) is 2.47. The van der Waals surface area contributed by atoms with E-state index < -0.39 is 0 Å². The lowest BCUT2D eigenvalue weighted by molar-refractivity contribution is 0.102. The summed E-state index contributed by atoms with van der Waals surface area (Å²) in [7, 11) is 0. The number of ketones is 1. The molecule has 0 aliphatic carbocycles. The van der Waals surface area contributed by atoms with Crippen LogP contribution < -0.4 is 0 Å². The van der Waals surface area contributed by atoms with Gasteiger partial charge in [0.25, 0.3) is 0 Å². The molecule has 0 saturated carbocycles. The largest absolute Gasteiger partial charge is 0.293 e. The van der Waals surface area contributed by atoms with Gasteiger partial charge in [-0.25, -0.2) is 0 Å². The van der Waals surface area contributed by atoms with Crippen molar-refractivity contribution in [2.75, 3.05) is 5.33 Å². The number of hydrogen-bond acceptors (Lipinski definition) is 1. The molecule has 1 rings (SSSR count). The quantitative estimate of drug-likeness (QED) is 0.574. The average Bonchev–Trinajstić information content (AvgIpc) is 2.17. The second-order valence-corrected chi connectivity index (χ2v) is 3.03. The summed E-state index contributed by atoms with van der Waals surface area (Å²) in [6.45, 7) is 1.79. The Labute approximate surface area is 82.3 Å². The van der Waals surface area contributed by atoms with Crippen LogP contribution in [-0.4, -0.2) is 11.1 Å². The Bertz CT molecular complexity index is 310. The molecule has 2 heteroatoms. The summed E-state index contributed by atoms with van der Waals surface area (Å²) < 4.78 is 7.49. The van der Waals surface area contributed by atoms with Gasteiger partial charge >= 0.3 is 0 Å². The van der Waals surface area contributed by atoms with E-state index >= 15 is 0 Å². The monoisotopic (exact) mass is 227 g/mol. The molecule has 64 valence electrons. The van der Waals surface area contributed by atoms with E-state index in [0.717, 1.165) is 5.56 Å². The molecule has 0 N–H and O–H groups in total. The highest BCUT2D eigenvalue weighted by molar-refractivity contribution is 9.09. The molecule has 1 aromatic carbocycles. The van der Waals surface area contributed by atoms with Crippen molar-refractivity contribution in [1.29, 1.82) is 0 Å². The molecular formula is C10H11BrO. The van der Waals surface area contributed by atoms with Crippen LogP contribution in [0.15, 0.2) is 24.3 Å². The molecule has 0 aromatic heterocycles. The van der Waals surface area contributed by atoms with Crippen LogP contribution >= 0.6 is 15.9 Å². The van der Waals surface area contributed by atoms with Crippen LogP contribution in [0.3, 0.4) is 0 Å². The Kier molecular flexibility index (Phi) is 2.94. The number of benzene rings is 1. The van der Waals surface area contributed by atoms with Crippen molar-refractivity contribution >= 4 is 21.7 Å². The lowest BCUT2D eigenvalue weighted by Crippen LogP contribution is -1.99. The zero-order valence-corrected chi connectivity index (χ0v) is 8.47. The van der Waals surface area contributed by atoms with Gasteiger partial charge in [0, 0.05) is 6.93 Å². The maximum atomic E-state index is 11.3. The van der Waals surface area contributed by atoms with Crippen molar-refractivity contribution in [3.05, 3.63) is 35.4 Å². The maximum Gasteiger partial charge on any atom is 0.173 e. The number of carbonyl (C=O) groups excluding carboxylic acids is 1. The highest BCUT2D eigenvalue weighted by Gasteiger charge is 2.02. The summed E-state index contributed by atoms with van der Waals surface area (Å²) in [5.41, 5.74) is 1.56. The highest BCUT2D eigenvalue weighted by Crippen LogP contribution is 2.07. The fraction of sp³-hybridized carbons (Fsp3) is 0.300. The van der Waals surface area contributed by atoms with E-state index in [4.69, 9.17) is 1.37 Å². The number of carbonyl (C=O) groups is 1. The summed E-state index contributed by atoms with van der Waals surface area (Å²) in [6, 6.07) is 7.23. The predicted octanol–water partition coefficient (Wildman–Crippen LogP) is 2.83. The summed E-state index contributed by atoms with van der Waals surface area (Å²) in [4.78, 5) is 11.3. The summed E-state index contributed by atoms with van der Waals surface area (Å²) >= 11 is 3.12. The molecular weight excluding hydrogens is 216 g/mol. The molecule has 1 aromatic rings. The minimum Gasteiger partial charge on any atom is -0.293 e. The summed E-state index contributed by atoms with van der Waals surface area (Å²) in [5.74, 6) is 0.0579.